The maximum atomic E-state index is 11.5. The molecule has 0 amide bonds. The van der Waals surface area contributed by atoms with Gasteiger partial charge in [-0.3, -0.25) is 4.90 Å². The van der Waals surface area contributed by atoms with Gasteiger partial charge < -0.3 is 5.73 Å². The average molecular weight is 266 g/mol. The first-order chi connectivity index (χ1) is 7.41. The highest BCUT2D eigenvalue weighted by atomic mass is 32.2. The number of hydrogen-bond donors (Lipinski definition) is 1. The van der Waals surface area contributed by atoms with E-state index >= 15 is 0 Å². The van der Waals surface area contributed by atoms with E-state index in [1.165, 1.54) is 0 Å². The quantitative estimate of drug-likeness (QED) is 0.626. The summed E-state index contributed by atoms with van der Waals surface area (Å²) in [5.41, 5.74) is 5.46. The lowest BCUT2D eigenvalue weighted by Gasteiger charge is -2.20. The molecule has 0 saturated heterocycles. The molecule has 0 unspecified atom stereocenters. The number of thiocarbonyl (C=S) groups is 1. The standard InChI is InChI=1S/C10H22N2O2S2/c1-3-5-12(9-10(11)15)6-8-16(13,14)7-4-2/h3-9H2,1-2H3,(H2,11,15). The molecular formula is C10H22N2O2S2. The number of nitrogens with two attached hydrogens (primary N) is 1. The molecule has 6 heteroatoms. The zero-order valence-corrected chi connectivity index (χ0v) is 11.7. The first kappa shape index (κ1) is 15.8. The minimum Gasteiger partial charge on any atom is -0.392 e. The number of hydrogen-bond acceptors (Lipinski definition) is 4. The molecular weight excluding hydrogens is 244 g/mol. The Morgan fingerprint density at radius 3 is 2.25 bits per heavy atom. The van der Waals surface area contributed by atoms with Crippen LogP contribution in [0.1, 0.15) is 26.7 Å². The third kappa shape index (κ3) is 8.01. The van der Waals surface area contributed by atoms with E-state index in [1.54, 1.807) is 0 Å². The lowest BCUT2D eigenvalue weighted by Crippen LogP contribution is -2.37. The van der Waals surface area contributed by atoms with Crippen LogP contribution in [0, 0.1) is 0 Å². The fraction of sp³-hybridized carbons (Fsp3) is 0.900. The summed E-state index contributed by atoms with van der Waals surface area (Å²) in [7, 11) is -2.91. The second-order valence-electron chi connectivity index (χ2n) is 3.89. The molecule has 0 aliphatic rings. The average Bonchev–Trinajstić information content (AvgIpc) is 2.14. The van der Waals surface area contributed by atoms with Crippen molar-refractivity contribution in [1.29, 1.82) is 0 Å². The molecule has 0 aliphatic carbocycles. The van der Waals surface area contributed by atoms with Crippen LogP contribution in [0.4, 0.5) is 0 Å². The monoisotopic (exact) mass is 266 g/mol. The van der Waals surface area contributed by atoms with Crippen LogP contribution < -0.4 is 5.73 Å². The molecule has 0 saturated carbocycles. The lowest BCUT2D eigenvalue weighted by atomic mass is 10.4. The van der Waals surface area contributed by atoms with E-state index in [-0.39, 0.29) is 11.5 Å². The smallest absolute Gasteiger partial charge is 0.151 e. The highest BCUT2D eigenvalue weighted by molar-refractivity contribution is 7.91. The van der Waals surface area contributed by atoms with Crippen molar-refractivity contribution in [1.82, 2.24) is 4.90 Å². The van der Waals surface area contributed by atoms with Crippen molar-refractivity contribution < 1.29 is 8.42 Å². The van der Waals surface area contributed by atoms with Crippen LogP contribution in [0.15, 0.2) is 0 Å². The van der Waals surface area contributed by atoms with Crippen molar-refractivity contribution in [3.63, 3.8) is 0 Å². The molecule has 0 bridgehead atoms. The first-order valence-corrected chi connectivity index (χ1v) is 7.85. The SMILES string of the molecule is CCCN(CCS(=O)(=O)CCC)CC(N)=S. The summed E-state index contributed by atoms with van der Waals surface area (Å²) in [6.07, 6.45) is 1.64. The predicted molar refractivity (Wildman–Crippen MR) is 72.5 cm³/mol. The van der Waals surface area contributed by atoms with E-state index in [0.29, 0.717) is 24.5 Å². The topological polar surface area (TPSA) is 63.4 Å². The van der Waals surface area contributed by atoms with E-state index in [2.05, 4.69) is 0 Å². The van der Waals surface area contributed by atoms with Crippen LogP contribution in [-0.2, 0) is 9.84 Å². The molecule has 0 aromatic carbocycles. The maximum absolute atomic E-state index is 11.5. The van der Waals surface area contributed by atoms with Crippen molar-refractivity contribution >= 4 is 27.0 Å². The lowest BCUT2D eigenvalue weighted by molar-refractivity contribution is 0.330. The second kappa shape index (κ2) is 7.97. The minimum absolute atomic E-state index is 0.198. The molecule has 4 nitrogen and oxygen atoms in total. The largest absolute Gasteiger partial charge is 0.392 e. The van der Waals surface area contributed by atoms with Crippen molar-refractivity contribution in [3.05, 3.63) is 0 Å². The van der Waals surface area contributed by atoms with Crippen LogP contribution in [0.5, 0.6) is 0 Å². The summed E-state index contributed by atoms with van der Waals surface area (Å²) >= 11 is 4.83. The van der Waals surface area contributed by atoms with E-state index < -0.39 is 9.84 Å². The Balaban J connectivity index is 4.15. The van der Waals surface area contributed by atoms with Gasteiger partial charge in [-0.25, -0.2) is 8.42 Å². The Bertz CT molecular complexity index is 302. The Morgan fingerprint density at radius 1 is 1.19 bits per heavy atom. The third-order valence-corrected chi connectivity index (χ3v) is 4.12. The molecule has 96 valence electrons. The summed E-state index contributed by atoms with van der Waals surface area (Å²) in [6.45, 7) is 5.78. The molecule has 0 fully saturated rings. The highest BCUT2D eigenvalue weighted by Gasteiger charge is 2.12. The third-order valence-electron chi connectivity index (χ3n) is 2.15. The fourth-order valence-electron chi connectivity index (χ4n) is 1.49. The van der Waals surface area contributed by atoms with Gasteiger partial charge in [0, 0.05) is 18.8 Å². The minimum atomic E-state index is -2.91. The van der Waals surface area contributed by atoms with E-state index in [4.69, 9.17) is 18.0 Å². The number of sulfone groups is 1. The van der Waals surface area contributed by atoms with Gasteiger partial charge >= 0.3 is 0 Å². The molecule has 0 aromatic heterocycles. The molecule has 0 aliphatic heterocycles. The van der Waals surface area contributed by atoms with E-state index in [0.717, 1.165) is 13.0 Å². The van der Waals surface area contributed by atoms with Gasteiger partial charge in [0.2, 0.25) is 0 Å². The Morgan fingerprint density at radius 2 is 1.81 bits per heavy atom. The zero-order valence-electron chi connectivity index (χ0n) is 10.1. The van der Waals surface area contributed by atoms with Crippen molar-refractivity contribution in [2.24, 2.45) is 5.73 Å². The van der Waals surface area contributed by atoms with Crippen LogP contribution in [0.2, 0.25) is 0 Å². The van der Waals surface area contributed by atoms with Crippen molar-refractivity contribution in [2.45, 2.75) is 26.7 Å². The van der Waals surface area contributed by atoms with Gasteiger partial charge in [-0.1, -0.05) is 26.1 Å². The van der Waals surface area contributed by atoms with E-state index in [1.807, 2.05) is 18.7 Å². The van der Waals surface area contributed by atoms with Gasteiger partial charge in [-0.05, 0) is 19.4 Å². The number of nitrogens with zero attached hydrogens (tertiary/aromatic N) is 1. The maximum Gasteiger partial charge on any atom is 0.151 e. The Kier molecular flexibility index (Phi) is 7.87. The van der Waals surface area contributed by atoms with Crippen molar-refractivity contribution in [2.75, 3.05) is 31.1 Å². The van der Waals surface area contributed by atoms with Crippen LogP contribution in [-0.4, -0.2) is 49.4 Å². The summed E-state index contributed by atoms with van der Waals surface area (Å²) < 4.78 is 23.1. The van der Waals surface area contributed by atoms with Gasteiger partial charge in [-0.2, -0.15) is 0 Å². The summed E-state index contributed by atoms with van der Waals surface area (Å²) in [5, 5.41) is 0. The Labute approximate surface area is 104 Å². The number of rotatable bonds is 9. The first-order valence-electron chi connectivity index (χ1n) is 5.62. The van der Waals surface area contributed by atoms with Crippen LogP contribution >= 0.6 is 12.2 Å². The molecule has 0 rings (SSSR count). The molecule has 0 atom stereocenters. The molecule has 16 heavy (non-hydrogen) atoms. The highest BCUT2D eigenvalue weighted by Crippen LogP contribution is 1.98. The molecule has 0 spiro atoms. The molecule has 0 aromatic rings. The Hall–Kier alpha value is -0.200. The van der Waals surface area contributed by atoms with Gasteiger partial charge in [0.05, 0.1) is 10.7 Å². The van der Waals surface area contributed by atoms with Crippen LogP contribution in [0.25, 0.3) is 0 Å². The summed E-state index contributed by atoms with van der Waals surface area (Å²) in [6, 6.07) is 0. The van der Waals surface area contributed by atoms with Gasteiger partial charge in [0.1, 0.15) is 0 Å². The summed E-state index contributed by atoms with van der Waals surface area (Å²) in [4.78, 5) is 2.41. The molecule has 0 heterocycles. The zero-order chi connectivity index (χ0) is 12.6. The summed E-state index contributed by atoms with van der Waals surface area (Å²) in [5.74, 6) is 0.462. The second-order valence-corrected chi connectivity index (χ2v) is 6.72. The van der Waals surface area contributed by atoms with Gasteiger partial charge in [0.25, 0.3) is 0 Å². The van der Waals surface area contributed by atoms with Gasteiger partial charge in [0.15, 0.2) is 9.84 Å². The van der Waals surface area contributed by atoms with Crippen LogP contribution in [0.3, 0.4) is 0 Å². The fourth-order valence-corrected chi connectivity index (χ4v) is 3.03. The molecule has 2 N–H and O–H groups in total. The van der Waals surface area contributed by atoms with Crippen molar-refractivity contribution in [3.8, 4) is 0 Å². The van der Waals surface area contributed by atoms with E-state index in [9.17, 15) is 8.42 Å². The normalized spacial score (nSPS) is 11.9. The van der Waals surface area contributed by atoms with Gasteiger partial charge in [-0.15, -0.1) is 0 Å². The predicted octanol–water partition coefficient (Wildman–Crippen LogP) is 0.809. The molecule has 0 radical (unpaired) electrons.